The van der Waals surface area contributed by atoms with Gasteiger partial charge in [-0.05, 0) is 29.8 Å². The minimum absolute atomic E-state index is 0.817. The molecule has 2 rings (SSSR count). The number of rotatable bonds is 3. The van der Waals surface area contributed by atoms with Crippen molar-refractivity contribution in [2.24, 2.45) is 0 Å². The number of hydrogen-bond donors (Lipinski definition) is 1. The Hall–Kier alpha value is -0.930. The van der Waals surface area contributed by atoms with E-state index in [0.29, 0.717) is 0 Å². The van der Waals surface area contributed by atoms with Gasteiger partial charge in [0.1, 0.15) is 0 Å². The van der Waals surface area contributed by atoms with Crippen LogP contribution in [0.25, 0.3) is 0 Å². The first kappa shape index (κ1) is 11.6. The molecule has 0 atom stereocenters. The highest BCUT2D eigenvalue weighted by molar-refractivity contribution is 9.10. The molecule has 0 saturated heterocycles. The van der Waals surface area contributed by atoms with Crippen LogP contribution in [0.1, 0.15) is 5.56 Å². The van der Waals surface area contributed by atoms with Gasteiger partial charge in [-0.3, -0.25) is 0 Å². The standard InChI is InChI=1S/C13H12BrNS/c14-13-7-2-1-4-10(13)9-16-12-6-3-5-11(15)8-12/h1-8H,9,15H2. The molecular formula is C13H12BrNS. The van der Waals surface area contributed by atoms with Crippen LogP contribution in [-0.2, 0) is 5.75 Å². The minimum atomic E-state index is 0.817. The maximum Gasteiger partial charge on any atom is 0.0325 e. The summed E-state index contributed by atoms with van der Waals surface area (Å²) in [4.78, 5) is 1.20. The van der Waals surface area contributed by atoms with E-state index >= 15 is 0 Å². The van der Waals surface area contributed by atoms with Crippen LogP contribution in [0, 0.1) is 0 Å². The van der Waals surface area contributed by atoms with Crippen molar-refractivity contribution >= 4 is 33.4 Å². The zero-order valence-electron chi connectivity index (χ0n) is 8.69. The molecule has 0 aromatic heterocycles. The van der Waals surface area contributed by atoms with E-state index in [9.17, 15) is 0 Å². The lowest BCUT2D eigenvalue weighted by Gasteiger charge is -2.04. The summed E-state index contributed by atoms with van der Waals surface area (Å²) in [7, 11) is 0. The Morgan fingerprint density at radius 1 is 1.06 bits per heavy atom. The molecule has 0 aliphatic carbocycles. The van der Waals surface area contributed by atoms with Crippen molar-refractivity contribution in [3.63, 3.8) is 0 Å². The van der Waals surface area contributed by atoms with Crippen molar-refractivity contribution in [1.82, 2.24) is 0 Å². The summed E-state index contributed by atoms with van der Waals surface area (Å²) in [6, 6.07) is 16.2. The van der Waals surface area contributed by atoms with Gasteiger partial charge in [0.25, 0.3) is 0 Å². The summed E-state index contributed by atoms with van der Waals surface area (Å²) < 4.78 is 1.16. The third-order valence-electron chi connectivity index (χ3n) is 2.21. The van der Waals surface area contributed by atoms with E-state index in [1.54, 1.807) is 11.8 Å². The van der Waals surface area contributed by atoms with Gasteiger partial charge >= 0.3 is 0 Å². The molecule has 3 heteroatoms. The molecule has 1 nitrogen and oxygen atoms in total. The fourth-order valence-electron chi connectivity index (χ4n) is 1.38. The summed E-state index contributed by atoms with van der Waals surface area (Å²) in [6.45, 7) is 0. The predicted octanol–water partition coefficient (Wildman–Crippen LogP) is 4.32. The van der Waals surface area contributed by atoms with Crippen LogP contribution in [0.5, 0.6) is 0 Å². The number of thioether (sulfide) groups is 1. The lowest BCUT2D eigenvalue weighted by molar-refractivity contribution is 1.36. The largest absolute Gasteiger partial charge is 0.399 e. The Morgan fingerprint density at radius 3 is 2.62 bits per heavy atom. The topological polar surface area (TPSA) is 26.0 Å². The molecule has 0 aliphatic rings. The second kappa shape index (κ2) is 5.41. The van der Waals surface area contributed by atoms with E-state index in [-0.39, 0.29) is 0 Å². The molecule has 0 fully saturated rings. The van der Waals surface area contributed by atoms with E-state index in [4.69, 9.17) is 5.73 Å². The highest BCUT2D eigenvalue weighted by Crippen LogP contribution is 2.27. The third-order valence-corrected chi connectivity index (χ3v) is 4.03. The smallest absolute Gasteiger partial charge is 0.0325 e. The number of nitrogens with two attached hydrogens (primary N) is 1. The summed E-state index contributed by atoms with van der Waals surface area (Å²) in [5.74, 6) is 0.949. The van der Waals surface area contributed by atoms with Crippen LogP contribution in [0.4, 0.5) is 5.69 Å². The zero-order chi connectivity index (χ0) is 11.4. The van der Waals surface area contributed by atoms with Crippen molar-refractivity contribution in [1.29, 1.82) is 0 Å². The molecule has 0 unspecified atom stereocenters. The lowest BCUT2D eigenvalue weighted by Crippen LogP contribution is -1.85. The summed E-state index contributed by atoms with van der Waals surface area (Å²) in [5.41, 5.74) is 7.85. The van der Waals surface area contributed by atoms with Gasteiger partial charge in [-0.25, -0.2) is 0 Å². The quantitative estimate of drug-likeness (QED) is 0.674. The number of halogens is 1. The van der Waals surface area contributed by atoms with Crippen molar-refractivity contribution in [3.05, 3.63) is 58.6 Å². The molecule has 82 valence electrons. The first-order chi connectivity index (χ1) is 7.75. The maximum absolute atomic E-state index is 5.73. The van der Waals surface area contributed by atoms with Crippen LogP contribution in [-0.4, -0.2) is 0 Å². The Morgan fingerprint density at radius 2 is 1.88 bits per heavy atom. The van der Waals surface area contributed by atoms with Gasteiger partial charge in [0.05, 0.1) is 0 Å². The monoisotopic (exact) mass is 293 g/mol. The van der Waals surface area contributed by atoms with E-state index < -0.39 is 0 Å². The Kier molecular flexibility index (Phi) is 3.91. The van der Waals surface area contributed by atoms with E-state index in [1.165, 1.54) is 10.5 Å². The predicted molar refractivity (Wildman–Crippen MR) is 74.6 cm³/mol. The SMILES string of the molecule is Nc1cccc(SCc2ccccc2Br)c1. The molecule has 0 radical (unpaired) electrons. The van der Waals surface area contributed by atoms with Crippen molar-refractivity contribution in [3.8, 4) is 0 Å². The highest BCUT2D eigenvalue weighted by atomic mass is 79.9. The van der Waals surface area contributed by atoms with Crippen molar-refractivity contribution in [2.75, 3.05) is 5.73 Å². The van der Waals surface area contributed by atoms with Crippen LogP contribution in [0.15, 0.2) is 57.9 Å². The first-order valence-corrected chi connectivity index (χ1v) is 6.75. The van der Waals surface area contributed by atoms with Crippen LogP contribution >= 0.6 is 27.7 Å². The number of nitrogen functional groups attached to an aromatic ring is 1. The molecule has 2 N–H and O–H groups in total. The Labute approximate surface area is 108 Å². The average molecular weight is 294 g/mol. The van der Waals surface area contributed by atoms with Crippen molar-refractivity contribution < 1.29 is 0 Å². The Bertz CT molecular complexity index is 485. The number of anilines is 1. The third kappa shape index (κ3) is 3.03. The van der Waals surface area contributed by atoms with Crippen molar-refractivity contribution in [2.45, 2.75) is 10.6 Å². The molecule has 0 heterocycles. The molecule has 0 spiro atoms. The van der Waals surface area contributed by atoms with E-state index in [1.807, 2.05) is 24.3 Å². The van der Waals surface area contributed by atoms with E-state index in [2.05, 4.69) is 40.2 Å². The summed E-state index contributed by atoms with van der Waals surface area (Å²) in [6.07, 6.45) is 0. The molecule has 2 aromatic rings. The molecule has 16 heavy (non-hydrogen) atoms. The first-order valence-electron chi connectivity index (χ1n) is 4.97. The summed E-state index contributed by atoms with van der Waals surface area (Å²) in [5, 5.41) is 0. The zero-order valence-corrected chi connectivity index (χ0v) is 11.1. The second-order valence-electron chi connectivity index (χ2n) is 3.45. The number of hydrogen-bond acceptors (Lipinski definition) is 2. The van der Waals surface area contributed by atoms with Gasteiger partial charge in [-0.15, -0.1) is 11.8 Å². The fraction of sp³-hybridized carbons (Fsp3) is 0.0769. The second-order valence-corrected chi connectivity index (χ2v) is 5.36. The van der Waals surface area contributed by atoms with Gasteiger partial charge in [0.15, 0.2) is 0 Å². The van der Waals surface area contributed by atoms with Crippen LogP contribution < -0.4 is 5.73 Å². The molecule has 0 aliphatic heterocycles. The molecule has 0 amide bonds. The fourth-order valence-corrected chi connectivity index (χ4v) is 2.96. The molecule has 2 aromatic carbocycles. The molecular weight excluding hydrogens is 282 g/mol. The van der Waals surface area contributed by atoms with Crippen LogP contribution in [0.3, 0.4) is 0 Å². The van der Waals surface area contributed by atoms with Gasteiger partial charge in [-0.1, -0.05) is 40.2 Å². The van der Waals surface area contributed by atoms with Gasteiger partial charge in [0, 0.05) is 20.8 Å². The van der Waals surface area contributed by atoms with E-state index in [0.717, 1.165) is 15.9 Å². The summed E-state index contributed by atoms with van der Waals surface area (Å²) >= 11 is 5.34. The molecule has 0 saturated carbocycles. The number of benzene rings is 2. The maximum atomic E-state index is 5.73. The lowest BCUT2D eigenvalue weighted by atomic mass is 10.2. The Balaban J connectivity index is 2.05. The average Bonchev–Trinajstić information content (AvgIpc) is 2.28. The molecule has 0 bridgehead atoms. The van der Waals surface area contributed by atoms with Crippen LogP contribution in [0.2, 0.25) is 0 Å². The normalized spacial score (nSPS) is 10.3. The highest BCUT2D eigenvalue weighted by Gasteiger charge is 2.00. The minimum Gasteiger partial charge on any atom is -0.399 e. The van der Waals surface area contributed by atoms with Gasteiger partial charge in [0.2, 0.25) is 0 Å². The van der Waals surface area contributed by atoms with Gasteiger partial charge < -0.3 is 5.73 Å². The van der Waals surface area contributed by atoms with Gasteiger partial charge in [-0.2, -0.15) is 0 Å².